The lowest BCUT2D eigenvalue weighted by molar-refractivity contribution is 0.160. The minimum Gasteiger partial charge on any atom is -0.388 e. The van der Waals surface area contributed by atoms with Gasteiger partial charge in [-0.15, -0.1) is 23.7 Å². The summed E-state index contributed by atoms with van der Waals surface area (Å²) in [6, 6.07) is 8.41. The van der Waals surface area contributed by atoms with Gasteiger partial charge in [0.15, 0.2) is 0 Å². The number of thiazole rings is 1. The molecule has 1 heterocycles. The van der Waals surface area contributed by atoms with Gasteiger partial charge >= 0.3 is 0 Å². The third-order valence-electron chi connectivity index (χ3n) is 3.55. The fourth-order valence-electron chi connectivity index (χ4n) is 2.42. The average Bonchev–Trinajstić information content (AvgIpc) is 2.84. The minimum absolute atomic E-state index is 0. The van der Waals surface area contributed by atoms with E-state index in [-0.39, 0.29) is 18.5 Å². The summed E-state index contributed by atoms with van der Waals surface area (Å²) < 4.78 is 0. The first-order chi connectivity index (χ1) is 9.15. The zero-order valence-corrected chi connectivity index (χ0v) is 13.3. The zero-order chi connectivity index (χ0) is 13.4. The second-order valence-electron chi connectivity index (χ2n) is 5.18. The molecular weight excluding hydrogens is 292 g/mol. The highest BCUT2D eigenvalue weighted by atomic mass is 35.5. The first kappa shape index (κ1) is 15.3. The zero-order valence-electron chi connectivity index (χ0n) is 11.7. The summed E-state index contributed by atoms with van der Waals surface area (Å²) in [6.45, 7) is 0. The highest BCUT2D eigenvalue weighted by molar-refractivity contribution is 7.15. The Kier molecular flexibility index (Phi) is 4.68. The molecule has 0 spiro atoms. The number of nitrogens with zero attached hydrogens (tertiary/aromatic N) is 2. The van der Waals surface area contributed by atoms with Crippen molar-refractivity contribution in [1.82, 2.24) is 4.98 Å². The van der Waals surface area contributed by atoms with Gasteiger partial charge in [-0.2, -0.15) is 0 Å². The normalized spacial score (nSPS) is 17.2. The number of anilines is 1. The van der Waals surface area contributed by atoms with Crippen LogP contribution in [-0.4, -0.2) is 24.2 Å². The number of aromatic nitrogens is 1. The molecular formula is C15H19ClN2OS. The smallest absolute Gasteiger partial charge is 0.123 e. The monoisotopic (exact) mass is 310 g/mol. The maximum Gasteiger partial charge on any atom is 0.123 e. The number of halogens is 1. The molecule has 1 aliphatic rings. The van der Waals surface area contributed by atoms with Crippen LogP contribution in [0.15, 0.2) is 24.3 Å². The first-order valence-corrected chi connectivity index (χ1v) is 7.42. The fourth-order valence-corrected chi connectivity index (χ4v) is 3.56. The van der Waals surface area contributed by atoms with Crippen molar-refractivity contribution >= 4 is 29.4 Å². The third-order valence-corrected chi connectivity index (χ3v) is 4.80. The third kappa shape index (κ3) is 2.82. The number of aliphatic hydroxyl groups excluding tert-OH is 1. The Labute approximate surface area is 129 Å². The summed E-state index contributed by atoms with van der Waals surface area (Å²) in [5.41, 5.74) is 3.41. The summed E-state index contributed by atoms with van der Waals surface area (Å²) >= 11 is 1.64. The van der Waals surface area contributed by atoms with Crippen LogP contribution in [-0.2, 0) is 6.42 Å². The Morgan fingerprint density at radius 3 is 2.55 bits per heavy atom. The van der Waals surface area contributed by atoms with E-state index in [1.54, 1.807) is 11.3 Å². The van der Waals surface area contributed by atoms with E-state index in [4.69, 9.17) is 4.98 Å². The van der Waals surface area contributed by atoms with Gasteiger partial charge in [-0.05, 0) is 43.5 Å². The van der Waals surface area contributed by atoms with Gasteiger partial charge in [0.1, 0.15) is 5.01 Å². The Bertz CT molecular complexity index is 580. The van der Waals surface area contributed by atoms with Crippen LogP contribution in [0.5, 0.6) is 0 Å². The second kappa shape index (κ2) is 6.12. The summed E-state index contributed by atoms with van der Waals surface area (Å²) in [5, 5.41) is 11.0. The molecule has 3 rings (SSSR count). The molecule has 0 amide bonds. The molecule has 0 fully saturated rings. The lowest BCUT2D eigenvalue weighted by Gasteiger charge is -2.14. The molecule has 1 aromatic heterocycles. The molecule has 1 N–H and O–H groups in total. The van der Waals surface area contributed by atoms with Crippen LogP contribution in [0.2, 0.25) is 0 Å². The Hall–Kier alpha value is -1.10. The number of fused-ring (bicyclic) bond motifs is 1. The van der Waals surface area contributed by atoms with Crippen molar-refractivity contribution in [2.45, 2.75) is 25.4 Å². The summed E-state index contributed by atoms with van der Waals surface area (Å²) in [4.78, 5) is 7.84. The van der Waals surface area contributed by atoms with E-state index < -0.39 is 0 Å². The molecule has 1 atom stereocenters. The molecule has 2 aromatic rings. The van der Waals surface area contributed by atoms with E-state index in [0.29, 0.717) is 0 Å². The molecule has 1 aliphatic carbocycles. The average molecular weight is 311 g/mol. The van der Waals surface area contributed by atoms with Crippen LogP contribution in [0.4, 0.5) is 5.69 Å². The van der Waals surface area contributed by atoms with E-state index in [1.165, 1.54) is 5.69 Å². The SMILES string of the molecule is CN(C)c1ccc(-c2nc3c(s2)C(O)CCC3)cc1.Cl. The standard InChI is InChI=1S/C15H18N2OS.ClH/c1-17(2)11-8-6-10(7-9-11)15-16-12-4-3-5-13(18)14(12)19-15;/h6-9,13,18H,3-5H2,1-2H3;1H. The van der Waals surface area contributed by atoms with Gasteiger partial charge in [0.25, 0.3) is 0 Å². The number of benzene rings is 1. The van der Waals surface area contributed by atoms with Crippen molar-refractivity contribution in [1.29, 1.82) is 0 Å². The van der Waals surface area contributed by atoms with E-state index in [2.05, 4.69) is 29.2 Å². The van der Waals surface area contributed by atoms with Gasteiger partial charge in [-0.25, -0.2) is 4.98 Å². The molecule has 108 valence electrons. The predicted octanol–water partition coefficient (Wildman–Crippen LogP) is 3.67. The van der Waals surface area contributed by atoms with Crippen LogP contribution in [0, 0.1) is 0 Å². The topological polar surface area (TPSA) is 36.4 Å². The number of rotatable bonds is 2. The molecule has 0 saturated heterocycles. The minimum atomic E-state index is -0.309. The molecule has 1 aromatic carbocycles. The van der Waals surface area contributed by atoms with Gasteiger partial charge in [0, 0.05) is 25.3 Å². The number of aryl methyl sites for hydroxylation is 1. The van der Waals surface area contributed by atoms with E-state index in [9.17, 15) is 5.11 Å². The van der Waals surface area contributed by atoms with E-state index in [0.717, 1.165) is 40.4 Å². The molecule has 1 unspecified atom stereocenters. The summed E-state index contributed by atoms with van der Waals surface area (Å²) in [7, 11) is 4.07. The van der Waals surface area contributed by atoms with Crippen LogP contribution in [0.25, 0.3) is 10.6 Å². The largest absolute Gasteiger partial charge is 0.388 e. The molecule has 0 saturated carbocycles. The van der Waals surface area contributed by atoms with Crippen LogP contribution >= 0.6 is 23.7 Å². The Morgan fingerprint density at radius 1 is 1.25 bits per heavy atom. The lowest BCUT2D eigenvalue weighted by Crippen LogP contribution is -2.07. The Morgan fingerprint density at radius 2 is 1.95 bits per heavy atom. The summed E-state index contributed by atoms with van der Waals surface area (Å²) in [5.74, 6) is 0. The Balaban J connectivity index is 0.00000147. The van der Waals surface area contributed by atoms with E-state index >= 15 is 0 Å². The van der Waals surface area contributed by atoms with Gasteiger partial charge in [0.2, 0.25) is 0 Å². The summed E-state index contributed by atoms with van der Waals surface area (Å²) in [6.07, 6.45) is 2.60. The van der Waals surface area contributed by atoms with E-state index in [1.807, 2.05) is 14.1 Å². The maximum atomic E-state index is 10.0. The second-order valence-corrected chi connectivity index (χ2v) is 6.21. The van der Waals surface area contributed by atoms with Crippen LogP contribution in [0.3, 0.4) is 0 Å². The molecule has 0 radical (unpaired) electrons. The number of hydrogen-bond donors (Lipinski definition) is 1. The van der Waals surface area contributed by atoms with Crippen molar-refractivity contribution in [2.24, 2.45) is 0 Å². The van der Waals surface area contributed by atoms with Crippen molar-refractivity contribution in [3.05, 3.63) is 34.8 Å². The molecule has 20 heavy (non-hydrogen) atoms. The molecule has 3 nitrogen and oxygen atoms in total. The lowest BCUT2D eigenvalue weighted by atomic mass is 10.0. The van der Waals surface area contributed by atoms with Crippen molar-refractivity contribution in [3.8, 4) is 10.6 Å². The van der Waals surface area contributed by atoms with Gasteiger partial charge in [0.05, 0.1) is 16.7 Å². The quantitative estimate of drug-likeness (QED) is 0.919. The highest BCUT2D eigenvalue weighted by Gasteiger charge is 2.22. The molecule has 0 aliphatic heterocycles. The van der Waals surface area contributed by atoms with Gasteiger partial charge < -0.3 is 10.0 Å². The van der Waals surface area contributed by atoms with Crippen molar-refractivity contribution in [3.63, 3.8) is 0 Å². The molecule has 5 heteroatoms. The van der Waals surface area contributed by atoms with Gasteiger partial charge in [-0.3, -0.25) is 0 Å². The number of aliphatic hydroxyl groups is 1. The van der Waals surface area contributed by atoms with Crippen LogP contribution in [0.1, 0.15) is 29.5 Å². The van der Waals surface area contributed by atoms with Crippen molar-refractivity contribution in [2.75, 3.05) is 19.0 Å². The fraction of sp³-hybridized carbons (Fsp3) is 0.400. The van der Waals surface area contributed by atoms with Crippen molar-refractivity contribution < 1.29 is 5.11 Å². The predicted molar refractivity (Wildman–Crippen MR) is 87.0 cm³/mol. The maximum absolute atomic E-state index is 10.0. The highest BCUT2D eigenvalue weighted by Crippen LogP contribution is 2.37. The van der Waals surface area contributed by atoms with Crippen LogP contribution < -0.4 is 4.90 Å². The van der Waals surface area contributed by atoms with Gasteiger partial charge in [-0.1, -0.05) is 0 Å². The molecule has 0 bridgehead atoms. The number of hydrogen-bond acceptors (Lipinski definition) is 4. The first-order valence-electron chi connectivity index (χ1n) is 6.60.